The van der Waals surface area contributed by atoms with E-state index < -0.39 is 5.97 Å². The zero-order valence-corrected chi connectivity index (χ0v) is 9.45. The number of hydrogen-bond acceptors (Lipinski definition) is 2. The van der Waals surface area contributed by atoms with Crippen molar-refractivity contribution in [1.29, 1.82) is 0 Å². The minimum Gasteiger partial charge on any atom is -0.480 e. The number of carbonyl (C=O) groups excluding carboxylic acids is 1. The fourth-order valence-electron chi connectivity index (χ4n) is 2.24. The van der Waals surface area contributed by atoms with E-state index in [1.54, 1.807) is 0 Å². The minimum absolute atomic E-state index is 0.00454. The Bertz CT molecular complexity index is 257. The fourth-order valence-corrected chi connectivity index (χ4v) is 2.24. The van der Waals surface area contributed by atoms with Gasteiger partial charge >= 0.3 is 5.97 Å². The number of carbonyl (C=O) groups is 2. The van der Waals surface area contributed by atoms with Crippen molar-refractivity contribution in [3.8, 4) is 0 Å². The fraction of sp³-hybridized carbons (Fsp3) is 0.818. The number of carboxylic acids is 1. The Hall–Kier alpha value is -1.06. The molecule has 1 rings (SSSR count). The van der Waals surface area contributed by atoms with Gasteiger partial charge in [-0.1, -0.05) is 19.8 Å². The number of amides is 1. The van der Waals surface area contributed by atoms with Crippen LogP contribution < -0.4 is 0 Å². The van der Waals surface area contributed by atoms with Crippen molar-refractivity contribution in [1.82, 2.24) is 4.90 Å². The van der Waals surface area contributed by atoms with E-state index >= 15 is 0 Å². The second kappa shape index (κ2) is 4.64. The lowest BCUT2D eigenvalue weighted by molar-refractivity contribution is -0.149. The van der Waals surface area contributed by atoms with Crippen molar-refractivity contribution in [3.63, 3.8) is 0 Å². The molecular formula is C11H19NO3. The monoisotopic (exact) mass is 213 g/mol. The highest BCUT2D eigenvalue weighted by molar-refractivity contribution is 5.85. The Morgan fingerprint density at radius 2 is 1.87 bits per heavy atom. The van der Waals surface area contributed by atoms with Crippen molar-refractivity contribution in [2.24, 2.45) is 5.41 Å². The van der Waals surface area contributed by atoms with Crippen molar-refractivity contribution in [3.05, 3.63) is 0 Å². The van der Waals surface area contributed by atoms with Gasteiger partial charge in [0.25, 0.3) is 0 Å². The molecule has 0 aliphatic heterocycles. The largest absolute Gasteiger partial charge is 0.480 e. The first-order valence-electron chi connectivity index (χ1n) is 5.51. The van der Waals surface area contributed by atoms with Gasteiger partial charge in [0.05, 0.1) is 0 Å². The molecule has 1 amide bonds. The van der Waals surface area contributed by atoms with E-state index in [0.29, 0.717) is 6.54 Å². The van der Waals surface area contributed by atoms with Crippen LogP contribution in [0.5, 0.6) is 0 Å². The Morgan fingerprint density at radius 3 is 2.27 bits per heavy atom. The third-order valence-electron chi connectivity index (χ3n) is 3.22. The van der Waals surface area contributed by atoms with Crippen LogP contribution in [0.15, 0.2) is 0 Å². The summed E-state index contributed by atoms with van der Waals surface area (Å²) in [5, 5.41) is 8.70. The summed E-state index contributed by atoms with van der Waals surface area (Å²) in [6.45, 7) is 4.07. The van der Waals surface area contributed by atoms with E-state index in [1.165, 1.54) is 4.90 Å². The van der Waals surface area contributed by atoms with Crippen molar-refractivity contribution in [2.45, 2.75) is 39.5 Å². The molecule has 0 spiro atoms. The second-order valence-corrected chi connectivity index (χ2v) is 4.48. The van der Waals surface area contributed by atoms with Gasteiger partial charge in [0.15, 0.2) is 0 Å². The topological polar surface area (TPSA) is 57.6 Å². The molecule has 1 saturated carbocycles. The molecule has 4 heteroatoms. The van der Waals surface area contributed by atoms with Gasteiger partial charge in [-0.3, -0.25) is 9.59 Å². The molecule has 0 aromatic carbocycles. The van der Waals surface area contributed by atoms with E-state index in [9.17, 15) is 9.59 Å². The van der Waals surface area contributed by atoms with Gasteiger partial charge in [-0.2, -0.15) is 0 Å². The summed E-state index contributed by atoms with van der Waals surface area (Å²) in [4.78, 5) is 24.1. The van der Waals surface area contributed by atoms with Crippen LogP contribution in [0.1, 0.15) is 39.5 Å². The van der Waals surface area contributed by atoms with Gasteiger partial charge in [0, 0.05) is 12.0 Å². The zero-order valence-electron chi connectivity index (χ0n) is 9.45. The molecular weight excluding hydrogens is 194 g/mol. The first-order chi connectivity index (χ1) is 6.99. The normalized spacial score (nSPS) is 18.8. The molecule has 0 aromatic rings. The number of carboxylic acid groups (broad SMARTS) is 1. The molecule has 0 atom stereocenters. The second-order valence-electron chi connectivity index (χ2n) is 4.48. The smallest absolute Gasteiger partial charge is 0.323 e. The number of aliphatic carboxylic acids is 1. The molecule has 0 radical (unpaired) electrons. The van der Waals surface area contributed by atoms with Crippen LogP contribution in [0.25, 0.3) is 0 Å². The summed E-state index contributed by atoms with van der Waals surface area (Å²) >= 11 is 0. The lowest BCUT2D eigenvalue weighted by Gasteiger charge is -2.29. The first-order valence-corrected chi connectivity index (χ1v) is 5.51. The van der Waals surface area contributed by atoms with Crippen LogP contribution in [0.3, 0.4) is 0 Å². The van der Waals surface area contributed by atoms with Crippen LogP contribution in [0.2, 0.25) is 0 Å². The van der Waals surface area contributed by atoms with E-state index in [-0.39, 0.29) is 17.9 Å². The lowest BCUT2D eigenvalue weighted by Crippen LogP contribution is -2.43. The van der Waals surface area contributed by atoms with Gasteiger partial charge in [-0.25, -0.2) is 0 Å². The molecule has 1 N–H and O–H groups in total. The summed E-state index contributed by atoms with van der Waals surface area (Å²) < 4.78 is 0. The molecule has 4 nitrogen and oxygen atoms in total. The predicted octanol–water partition coefficient (Wildman–Crippen LogP) is 1.50. The molecule has 0 heterocycles. The third-order valence-corrected chi connectivity index (χ3v) is 3.22. The van der Waals surface area contributed by atoms with Crippen LogP contribution in [0.4, 0.5) is 0 Å². The van der Waals surface area contributed by atoms with Gasteiger partial charge < -0.3 is 10.0 Å². The maximum absolute atomic E-state index is 12.1. The zero-order chi connectivity index (χ0) is 11.5. The van der Waals surface area contributed by atoms with Gasteiger partial charge in [0.1, 0.15) is 6.54 Å². The Labute approximate surface area is 90.3 Å². The van der Waals surface area contributed by atoms with Crippen LogP contribution >= 0.6 is 0 Å². The summed E-state index contributed by atoms with van der Waals surface area (Å²) in [5.74, 6) is -0.934. The molecule has 0 aromatic heterocycles. The first kappa shape index (κ1) is 12.0. The number of nitrogens with zero attached hydrogens (tertiary/aromatic N) is 1. The maximum Gasteiger partial charge on any atom is 0.323 e. The summed E-state index contributed by atoms with van der Waals surface area (Å²) in [6.07, 6.45) is 3.93. The highest BCUT2D eigenvalue weighted by Crippen LogP contribution is 2.39. The van der Waals surface area contributed by atoms with Crippen molar-refractivity contribution < 1.29 is 14.7 Å². The van der Waals surface area contributed by atoms with Gasteiger partial charge in [0.2, 0.25) is 5.91 Å². The average Bonchev–Trinajstić information content (AvgIpc) is 2.61. The number of rotatable bonds is 4. The number of hydrogen-bond donors (Lipinski definition) is 1. The lowest BCUT2D eigenvalue weighted by atomic mass is 9.87. The Balaban J connectivity index is 2.67. The van der Waals surface area contributed by atoms with Crippen molar-refractivity contribution in [2.75, 3.05) is 13.1 Å². The highest BCUT2D eigenvalue weighted by Gasteiger charge is 2.38. The van der Waals surface area contributed by atoms with E-state index in [0.717, 1.165) is 25.7 Å². The molecule has 0 saturated heterocycles. The molecule has 1 aliphatic carbocycles. The molecule has 1 aliphatic rings. The standard InChI is InChI=1S/C11H19NO3/c1-3-12(8-9(13)14)10(15)11(2)6-4-5-7-11/h3-8H2,1-2H3,(H,13,14). The number of likely N-dealkylation sites (N-methyl/N-ethyl adjacent to an activating group) is 1. The van der Waals surface area contributed by atoms with E-state index in [4.69, 9.17) is 5.11 Å². The molecule has 0 unspecified atom stereocenters. The van der Waals surface area contributed by atoms with E-state index in [2.05, 4.69) is 0 Å². The molecule has 86 valence electrons. The van der Waals surface area contributed by atoms with E-state index in [1.807, 2.05) is 13.8 Å². The Morgan fingerprint density at radius 1 is 1.33 bits per heavy atom. The minimum atomic E-state index is -0.938. The Kier molecular flexibility index (Phi) is 3.72. The summed E-state index contributed by atoms with van der Waals surface area (Å²) in [5.41, 5.74) is -0.314. The van der Waals surface area contributed by atoms with Gasteiger partial charge in [-0.15, -0.1) is 0 Å². The summed E-state index contributed by atoms with van der Waals surface area (Å²) in [7, 11) is 0. The van der Waals surface area contributed by atoms with Crippen LogP contribution in [0, 0.1) is 5.41 Å². The SMILES string of the molecule is CCN(CC(=O)O)C(=O)C1(C)CCCC1. The van der Waals surface area contributed by atoms with Crippen molar-refractivity contribution >= 4 is 11.9 Å². The molecule has 15 heavy (non-hydrogen) atoms. The quantitative estimate of drug-likeness (QED) is 0.770. The average molecular weight is 213 g/mol. The third kappa shape index (κ3) is 2.70. The maximum atomic E-state index is 12.1. The van der Waals surface area contributed by atoms with Gasteiger partial charge in [-0.05, 0) is 19.8 Å². The predicted molar refractivity (Wildman–Crippen MR) is 56.5 cm³/mol. The highest BCUT2D eigenvalue weighted by atomic mass is 16.4. The molecule has 0 bridgehead atoms. The molecule has 1 fully saturated rings. The van der Waals surface area contributed by atoms with Crippen LogP contribution in [-0.4, -0.2) is 35.0 Å². The van der Waals surface area contributed by atoms with Crippen LogP contribution in [-0.2, 0) is 9.59 Å². The summed E-state index contributed by atoms with van der Waals surface area (Å²) in [6, 6.07) is 0.